The van der Waals surface area contributed by atoms with Crippen molar-refractivity contribution in [2.24, 2.45) is 9.39 Å². The first kappa shape index (κ1) is 9.47. The topological polar surface area (TPSA) is 62.1 Å². The predicted octanol–water partition coefficient (Wildman–Crippen LogP) is 0.580. The average molecular weight is 210 g/mol. The highest BCUT2D eigenvalue weighted by atomic mass is 35.5. The van der Waals surface area contributed by atoms with Gasteiger partial charge in [0, 0.05) is 6.54 Å². The zero-order valence-electron chi connectivity index (χ0n) is 6.65. The summed E-state index contributed by atoms with van der Waals surface area (Å²) in [7, 11) is -3.61. The molecular formula is C5H8ClN3O2S. The van der Waals surface area contributed by atoms with Crippen LogP contribution in [0.5, 0.6) is 0 Å². The van der Waals surface area contributed by atoms with Gasteiger partial charge in [0.25, 0.3) is 0 Å². The van der Waals surface area contributed by atoms with E-state index < -0.39 is 10.2 Å². The fourth-order valence-electron chi connectivity index (χ4n) is 0.815. The van der Waals surface area contributed by atoms with E-state index in [0.717, 1.165) is 4.31 Å². The molecule has 5 nitrogen and oxygen atoms in total. The molecule has 68 valence electrons. The monoisotopic (exact) mass is 209 g/mol. The Bertz CT molecular complexity index is 346. The lowest BCUT2D eigenvalue weighted by molar-refractivity contribution is 0.535. The van der Waals surface area contributed by atoms with Gasteiger partial charge >= 0.3 is 10.2 Å². The molecule has 1 aliphatic rings. The van der Waals surface area contributed by atoms with Crippen molar-refractivity contribution >= 4 is 32.9 Å². The van der Waals surface area contributed by atoms with E-state index >= 15 is 0 Å². The molecule has 0 aromatic rings. The molecular weight excluding hydrogens is 202 g/mol. The molecule has 0 fully saturated rings. The van der Waals surface area contributed by atoms with E-state index in [2.05, 4.69) is 9.39 Å². The van der Waals surface area contributed by atoms with Crippen LogP contribution in [0.1, 0.15) is 13.8 Å². The van der Waals surface area contributed by atoms with Gasteiger partial charge in [0.05, 0.1) is 0 Å². The Morgan fingerprint density at radius 2 is 2.17 bits per heavy atom. The van der Waals surface area contributed by atoms with Crippen LogP contribution in [0.25, 0.3) is 0 Å². The minimum absolute atomic E-state index is 0.0509. The van der Waals surface area contributed by atoms with Gasteiger partial charge in [-0.3, -0.25) is 0 Å². The van der Waals surface area contributed by atoms with E-state index in [-0.39, 0.29) is 17.7 Å². The van der Waals surface area contributed by atoms with Gasteiger partial charge < -0.3 is 0 Å². The Kier molecular flexibility index (Phi) is 2.39. The predicted molar refractivity (Wildman–Crippen MR) is 47.7 cm³/mol. The van der Waals surface area contributed by atoms with E-state index in [4.69, 9.17) is 11.6 Å². The first-order valence-electron chi connectivity index (χ1n) is 3.31. The Balaban J connectivity index is 3.18. The highest BCUT2D eigenvalue weighted by Gasteiger charge is 2.26. The smallest absolute Gasteiger partial charge is 0.225 e. The molecule has 12 heavy (non-hydrogen) atoms. The van der Waals surface area contributed by atoms with Crippen molar-refractivity contribution in [3.63, 3.8) is 0 Å². The van der Waals surface area contributed by atoms with Crippen molar-refractivity contribution in [1.82, 2.24) is 4.31 Å². The molecule has 7 heteroatoms. The zero-order chi connectivity index (χ0) is 9.35. The molecule has 0 N–H and O–H groups in total. The van der Waals surface area contributed by atoms with Gasteiger partial charge in [-0.2, -0.15) is 8.42 Å². The van der Waals surface area contributed by atoms with Crippen LogP contribution in [-0.4, -0.2) is 30.4 Å². The molecule has 0 saturated heterocycles. The molecule has 0 aliphatic carbocycles. The van der Waals surface area contributed by atoms with Crippen LogP contribution in [0.3, 0.4) is 0 Å². The van der Waals surface area contributed by atoms with E-state index in [1.54, 1.807) is 6.92 Å². The third kappa shape index (κ3) is 1.59. The fraction of sp³-hybridized carbons (Fsp3) is 0.600. The summed E-state index contributed by atoms with van der Waals surface area (Å²) in [5.41, 5.74) is 0. The van der Waals surface area contributed by atoms with E-state index in [1.165, 1.54) is 6.92 Å². The number of amidine groups is 2. The molecule has 1 aliphatic heterocycles. The summed E-state index contributed by atoms with van der Waals surface area (Å²) in [5, 5.41) is -0.0509. The van der Waals surface area contributed by atoms with Crippen LogP contribution >= 0.6 is 11.6 Å². The standard InChI is InChI=1S/C5H8ClN3O2S/c1-3-9-5(6)7-4(2)8-12(9,10)11/h3H2,1-2H3. The van der Waals surface area contributed by atoms with Gasteiger partial charge in [0.2, 0.25) is 5.29 Å². The Labute approximate surface area is 75.9 Å². The van der Waals surface area contributed by atoms with Crippen LogP contribution in [0.15, 0.2) is 9.39 Å². The number of hydrogen-bond donors (Lipinski definition) is 0. The SMILES string of the molecule is CCN1C(Cl)=NC(C)=NS1(=O)=O. The first-order chi connectivity index (χ1) is 5.47. The van der Waals surface area contributed by atoms with E-state index in [1.807, 2.05) is 0 Å². The second-order valence-electron chi connectivity index (χ2n) is 2.16. The number of rotatable bonds is 1. The maximum atomic E-state index is 11.2. The van der Waals surface area contributed by atoms with Crippen LogP contribution in [0, 0.1) is 0 Å². The molecule has 0 saturated carbocycles. The van der Waals surface area contributed by atoms with Gasteiger partial charge in [-0.15, -0.1) is 4.40 Å². The summed E-state index contributed by atoms with van der Waals surface area (Å²) >= 11 is 5.58. The van der Waals surface area contributed by atoms with Crippen molar-refractivity contribution in [1.29, 1.82) is 0 Å². The Morgan fingerprint density at radius 3 is 2.58 bits per heavy atom. The molecule has 0 bridgehead atoms. The molecule has 0 amide bonds. The molecule has 0 unspecified atom stereocenters. The summed E-state index contributed by atoms with van der Waals surface area (Å²) in [4.78, 5) is 3.71. The molecule has 0 radical (unpaired) electrons. The fourth-order valence-corrected chi connectivity index (χ4v) is 2.35. The zero-order valence-corrected chi connectivity index (χ0v) is 8.22. The number of aliphatic imine (C=N–C) groups is 1. The maximum absolute atomic E-state index is 11.2. The molecule has 0 atom stereocenters. The number of nitrogens with zero attached hydrogens (tertiary/aromatic N) is 3. The van der Waals surface area contributed by atoms with E-state index in [9.17, 15) is 8.42 Å². The Morgan fingerprint density at radius 1 is 1.58 bits per heavy atom. The quantitative estimate of drug-likeness (QED) is 0.593. The Hall–Kier alpha value is -0.620. The molecule has 0 aromatic carbocycles. The van der Waals surface area contributed by atoms with Crippen LogP contribution in [0.4, 0.5) is 0 Å². The lowest BCUT2D eigenvalue weighted by Gasteiger charge is -2.20. The minimum Gasteiger partial charge on any atom is -0.225 e. The van der Waals surface area contributed by atoms with Crippen molar-refractivity contribution in [2.75, 3.05) is 6.54 Å². The summed E-state index contributed by atoms with van der Waals surface area (Å²) in [5.74, 6) is 0.157. The third-order valence-corrected chi connectivity index (χ3v) is 3.14. The highest BCUT2D eigenvalue weighted by molar-refractivity contribution is 7.88. The van der Waals surface area contributed by atoms with Gasteiger partial charge in [0.1, 0.15) is 5.84 Å². The van der Waals surface area contributed by atoms with Gasteiger partial charge in [-0.1, -0.05) is 0 Å². The largest absolute Gasteiger partial charge is 0.348 e. The van der Waals surface area contributed by atoms with Crippen molar-refractivity contribution in [3.8, 4) is 0 Å². The molecule has 0 spiro atoms. The summed E-state index contributed by atoms with van der Waals surface area (Å²) < 4.78 is 26.7. The minimum atomic E-state index is -3.61. The maximum Gasteiger partial charge on any atom is 0.348 e. The molecule has 0 aromatic heterocycles. The second kappa shape index (κ2) is 3.02. The number of hydrogen-bond acceptors (Lipinski definition) is 3. The average Bonchev–Trinajstić information content (AvgIpc) is 1.82. The normalized spacial score (nSPS) is 21.8. The van der Waals surface area contributed by atoms with Crippen molar-refractivity contribution < 1.29 is 8.42 Å². The summed E-state index contributed by atoms with van der Waals surface area (Å²) in [6.45, 7) is 3.38. The molecule has 1 rings (SSSR count). The van der Waals surface area contributed by atoms with E-state index in [0.29, 0.717) is 0 Å². The lowest BCUT2D eigenvalue weighted by atomic mass is 10.7. The van der Waals surface area contributed by atoms with Crippen molar-refractivity contribution in [3.05, 3.63) is 0 Å². The van der Waals surface area contributed by atoms with Crippen LogP contribution in [-0.2, 0) is 10.2 Å². The van der Waals surface area contributed by atoms with Gasteiger partial charge in [-0.05, 0) is 25.4 Å². The molecule has 1 heterocycles. The van der Waals surface area contributed by atoms with Crippen LogP contribution < -0.4 is 0 Å². The third-order valence-electron chi connectivity index (χ3n) is 1.27. The lowest BCUT2D eigenvalue weighted by Crippen LogP contribution is -2.35. The van der Waals surface area contributed by atoms with Crippen molar-refractivity contribution in [2.45, 2.75) is 13.8 Å². The second-order valence-corrected chi connectivity index (χ2v) is 4.02. The number of halogens is 1. The summed E-state index contributed by atoms with van der Waals surface area (Å²) in [6, 6.07) is 0. The van der Waals surface area contributed by atoms with Gasteiger partial charge in [-0.25, -0.2) is 9.30 Å². The first-order valence-corrected chi connectivity index (χ1v) is 5.08. The van der Waals surface area contributed by atoms with Crippen LogP contribution in [0.2, 0.25) is 0 Å². The van der Waals surface area contributed by atoms with Gasteiger partial charge in [0.15, 0.2) is 0 Å². The highest BCUT2D eigenvalue weighted by Crippen LogP contribution is 2.12. The summed E-state index contributed by atoms with van der Waals surface area (Å²) in [6.07, 6.45) is 0.